The Bertz CT molecular complexity index is 773. The van der Waals surface area contributed by atoms with Gasteiger partial charge in [0.15, 0.2) is 0 Å². The van der Waals surface area contributed by atoms with Crippen LogP contribution in [-0.2, 0) is 6.42 Å². The third-order valence-corrected chi connectivity index (χ3v) is 5.24. The topological polar surface area (TPSA) is 0 Å². The molecule has 0 heterocycles. The van der Waals surface area contributed by atoms with Crippen LogP contribution >= 0.6 is 0 Å². The summed E-state index contributed by atoms with van der Waals surface area (Å²) < 4.78 is 0. The van der Waals surface area contributed by atoms with E-state index < -0.39 is 0 Å². The highest BCUT2D eigenvalue weighted by atomic mass is 14.1. The molecule has 3 aromatic carbocycles. The first-order valence-corrected chi connectivity index (χ1v) is 9.46. The van der Waals surface area contributed by atoms with E-state index in [1.54, 1.807) is 0 Å². The number of hydrogen-bond donors (Lipinski definition) is 0. The molecule has 3 aromatic rings. The highest BCUT2D eigenvalue weighted by Crippen LogP contribution is 2.26. The SMILES string of the molecule is CCC(CC)Cc1ccc(-c2ccc(-c3ccc(C)cc3)cc2)cc1. The van der Waals surface area contributed by atoms with Gasteiger partial charge in [-0.3, -0.25) is 0 Å². The maximum atomic E-state index is 2.29. The zero-order chi connectivity index (χ0) is 17.6. The summed E-state index contributed by atoms with van der Waals surface area (Å²) in [7, 11) is 0. The first kappa shape index (κ1) is 17.5. The van der Waals surface area contributed by atoms with E-state index in [-0.39, 0.29) is 0 Å². The van der Waals surface area contributed by atoms with Crippen molar-refractivity contribution in [3.63, 3.8) is 0 Å². The van der Waals surface area contributed by atoms with Crippen molar-refractivity contribution in [3.05, 3.63) is 83.9 Å². The molecule has 0 atom stereocenters. The summed E-state index contributed by atoms with van der Waals surface area (Å²) >= 11 is 0. The van der Waals surface area contributed by atoms with E-state index in [2.05, 4.69) is 93.6 Å². The summed E-state index contributed by atoms with van der Waals surface area (Å²) in [5.41, 5.74) is 7.88. The molecular weight excluding hydrogens is 300 g/mol. The van der Waals surface area contributed by atoms with Crippen LogP contribution in [0.25, 0.3) is 22.3 Å². The summed E-state index contributed by atoms with van der Waals surface area (Å²) in [5.74, 6) is 0.805. The van der Waals surface area contributed by atoms with Crippen LogP contribution in [-0.4, -0.2) is 0 Å². The van der Waals surface area contributed by atoms with Gasteiger partial charge in [0, 0.05) is 0 Å². The maximum absolute atomic E-state index is 2.29. The van der Waals surface area contributed by atoms with Crippen LogP contribution in [0.2, 0.25) is 0 Å². The average molecular weight is 328 g/mol. The molecule has 25 heavy (non-hydrogen) atoms. The quantitative estimate of drug-likeness (QED) is 0.445. The minimum Gasteiger partial charge on any atom is -0.0651 e. The Kier molecular flexibility index (Phi) is 5.71. The highest BCUT2D eigenvalue weighted by Gasteiger charge is 2.06. The summed E-state index contributed by atoms with van der Waals surface area (Å²) in [4.78, 5) is 0. The lowest BCUT2D eigenvalue weighted by atomic mass is 9.93. The van der Waals surface area contributed by atoms with E-state index >= 15 is 0 Å². The Morgan fingerprint density at radius 3 is 1.32 bits per heavy atom. The molecule has 0 fully saturated rings. The first-order valence-electron chi connectivity index (χ1n) is 9.46. The Morgan fingerprint density at radius 2 is 0.920 bits per heavy atom. The van der Waals surface area contributed by atoms with E-state index in [0.717, 1.165) is 5.92 Å². The van der Waals surface area contributed by atoms with Crippen molar-refractivity contribution < 1.29 is 0 Å². The third-order valence-electron chi connectivity index (χ3n) is 5.24. The fourth-order valence-corrected chi connectivity index (χ4v) is 3.35. The molecule has 0 aliphatic rings. The minimum absolute atomic E-state index is 0.805. The predicted octanol–water partition coefficient (Wildman–Crippen LogP) is 7.31. The van der Waals surface area contributed by atoms with E-state index in [9.17, 15) is 0 Å². The van der Waals surface area contributed by atoms with E-state index in [0.29, 0.717) is 0 Å². The molecule has 0 radical (unpaired) electrons. The summed E-state index contributed by atoms with van der Waals surface area (Å²) in [5, 5.41) is 0. The average Bonchev–Trinajstić information content (AvgIpc) is 2.67. The largest absolute Gasteiger partial charge is 0.0651 e. The Balaban J connectivity index is 1.74. The van der Waals surface area contributed by atoms with Gasteiger partial charge in [-0.15, -0.1) is 0 Å². The van der Waals surface area contributed by atoms with Crippen LogP contribution in [0.3, 0.4) is 0 Å². The van der Waals surface area contributed by atoms with E-state index in [4.69, 9.17) is 0 Å². The number of aryl methyl sites for hydroxylation is 1. The van der Waals surface area contributed by atoms with Gasteiger partial charge in [-0.1, -0.05) is 105 Å². The molecule has 0 amide bonds. The van der Waals surface area contributed by atoms with Crippen LogP contribution in [0.5, 0.6) is 0 Å². The van der Waals surface area contributed by atoms with Gasteiger partial charge in [0.2, 0.25) is 0 Å². The fourth-order valence-electron chi connectivity index (χ4n) is 3.35. The molecule has 0 unspecified atom stereocenters. The molecule has 0 saturated carbocycles. The Labute approximate surface area is 152 Å². The van der Waals surface area contributed by atoms with Crippen LogP contribution in [0.4, 0.5) is 0 Å². The maximum Gasteiger partial charge on any atom is -0.0184 e. The second kappa shape index (κ2) is 8.16. The van der Waals surface area contributed by atoms with Gasteiger partial charge in [-0.05, 0) is 47.1 Å². The molecule has 128 valence electrons. The second-order valence-electron chi connectivity index (χ2n) is 7.03. The van der Waals surface area contributed by atoms with Gasteiger partial charge in [0.05, 0.1) is 0 Å². The molecule has 0 spiro atoms. The third kappa shape index (κ3) is 4.39. The van der Waals surface area contributed by atoms with Gasteiger partial charge in [0.25, 0.3) is 0 Å². The molecule has 0 heteroatoms. The van der Waals surface area contributed by atoms with Crippen molar-refractivity contribution >= 4 is 0 Å². The fraction of sp³-hybridized carbons (Fsp3) is 0.280. The summed E-state index contributed by atoms with van der Waals surface area (Å²) in [6.07, 6.45) is 3.72. The molecule has 0 nitrogen and oxygen atoms in total. The molecule has 0 aliphatic heterocycles. The number of hydrogen-bond acceptors (Lipinski definition) is 0. The van der Waals surface area contributed by atoms with Crippen molar-refractivity contribution in [1.29, 1.82) is 0 Å². The number of rotatable bonds is 6. The lowest BCUT2D eigenvalue weighted by molar-refractivity contribution is 0.490. The van der Waals surface area contributed by atoms with Crippen molar-refractivity contribution in [2.24, 2.45) is 5.92 Å². The van der Waals surface area contributed by atoms with Crippen molar-refractivity contribution in [2.45, 2.75) is 40.0 Å². The van der Waals surface area contributed by atoms with Crippen LogP contribution in [0.15, 0.2) is 72.8 Å². The predicted molar refractivity (Wildman–Crippen MR) is 110 cm³/mol. The first-order chi connectivity index (χ1) is 12.2. The summed E-state index contributed by atoms with van der Waals surface area (Å²) in [6.45, 7) is 6.70. The van der Waals surface area contributed by atoms with Crippen molar-refractivity contribution in [3.8, 4) is 22.3 Å². The lowest BCUT2D eigenvalue weighted by Crippen LogP contribution is -2.01. The van der Waals surface area contributed by atoms with Crippen molar-refractivity contribution in [1.82, 2.24) is 0 Å². The molecule has 3 rings (SSSR count). The van der Waals surface area contributed by atoms with Crippen LogP contribution in [0.1, 0.15) is 37.8 Å². The Hall–Kier alpha value is -2.34. The highest BCUT2D eigenvalue weighted by molar-refractivity contribution is 5.70. The van der Waals surface area contributed by atoms with Crippen LogP contribution < -0.4 is 0 Å². The monoisotopic (exact) mass is 328 g/mol. The zero-order valence-electron chi connectivity index (χ0n) is 15.6. The molecular formula is C25H28. The molecule has 0 N–H and O–H groups in total. The summed E-state index contributed by atoms with van der Waals surface area (Å²) in [6, 6.07) is 26.7. The second-order valence-corrected chi connectivity index (χ2v) is 7.03. The van der Waals surface area contributed by atoms with E-state index in [1.165, 1.54) is 52.6 Å². The van der Waals surface area contributed by atoms with Gasteiger partial charge >= 0.3 is 0 Å². The van der Waals surface area contributed by atoms with Crippen LogP contribution in [0, 0.1) is 12.8 Å². The molecule has 0 aliphatic carbocycles. The van der Waals surface area contributed by atoms with Gasteiger partial charge in [-0.2, -0.15) is 0 Å². The van der Waals surface area contributed by atoms with Gasteiger partial charge in [0.1, 0.15) is 0 Å². The normalized spacial score (nSPS) is 11.0. The molecule has 0 aromatic heterocycles. The molecule has 0 bridgehead atoms. The van der Waals surface area contributed by atoms with Gasteiger partial charge in [-0.25, -0.2) is 0 Å². The van der Waals surface area contributed by atoms with E-state index in [1.807, 2.05) is 0 Å². The smallest absolute Gasteiger partial charge is 0.0184 e. The van der Waals surface area contributed by atoms with Gasteiger partial charge < -0.3 is 0 Å². The minimum atomic E-state index is 0.805. The number of benzene rings is 3. The molecule has 0 saturated heterocycles. The Morgan fingerprint density at radius 1 is 0.560 bits per heavy atom. The van der Waals surface area contributed by atoms with Crippen molar-refractivity contribution in [2.75, 3.05) is 0 Å². The standard InChI is InChI=1S/C25H28/c1-4-20(5-2)18-21-8-12-23(13-9-21)25-16-14-24(15-17-25)22-10-6-19(3)7-11-22/h6-17,20H,4-5,18H2,1-3H3. The zero-order valence-corrected chi connectivity index (χ0v) is 15.6. The lowest BCUT2D eigenvalue weighted by Gasteiger charge is -2.12.